The van der Waals surface area contributed by atoms with Gasteiger partial charge in [0.2, 0.25) is 0 Å². The Morgan fingerprint density at radius 2 is 1.60 bits per heavy atom. The minimum Gasteiger partial charge on any atom is -0.294 e. The van der Waals surface area contributed by atoms with Gasteiger partial charge in [-0.15, -0.1) is 11.8 Å². The smallest absolute Gasteiger partial charge is 0.166 e. The second-order valence-electron chi connectivity index (χ2n) is 6.58. The van der Waals surface area contributed by atoms with E-state index in [1.807, 2.05) is 24.8 Å². The van der Waals surface area contributed by atoms with Crippen LogP contribution in [0.25, 0.3) is 11.1 Å². The minimum atomic E-state index is 0.0975. The van der Waals surface area contributed by atoms with Gasteiger partial charge in [-0.05, 0) is 34.7 Å². The highest BCUT2D eigenvalue weighted by atomic mass is 32.2. The van der Waals surface area contributed by atoms with Crippen molar-refractivity contribution in [2.75, 3.05) is 0 Å². The lowest BCUT2D eigenvalue weighted by atomic mass is 9.96. The number of hydrogen-bond donors (Lipinski definition) is 0. The molecule has 25 heavy (non-hydrogen) atoms. The second kappa shape index (κ2) is 6.89. The zero-order valence-corrected chi connectivity index (χ0v) is 15.1. The van der Waals surface area contributed by atoms with Crippen molar-refractivity contribution in [3.05, 3.63) is 89.5 Å². The molecule has 1 aliphatic carbocycles. The summed E-state index contributed by atoms with van der Waals surface area (Å²) >= 11 is 1.83. The van der Waals surface area contributed by atoms with Gasteiger partial charge in [-0.3, -0.25) is 4.79 Å². The van der Waals surface area contributed by atoms with Gasteiger partial charge < -0.3 is 0 Å². The number of rotatable bonds is 4. The van der Waals surface area contributed by atoms with Crippen molar-refractivity contribution < 1.29 is 4.79 Å². The Bertz CT molecular complexity index is 914. The van der Waals surface area contributed by atoms with Gasteiger partial charge in [0, 0.05) is 22.1 Å². The molecule has 1 atom stereocenters. The van der Waals surface area contributed by atoms with Gasteiger partial charge in [0.25, 0.3) is 0 Å². The molecule has 0 saturated heterocycles. The lowest BCUT2D eigenvalue weighted by Crippen LogP contribution is -2.04. The predicted molar refractivity (Wildman–Crippen MR) is 105 cm³/mol. The zero-order chi connectivity index (χ0) is 17.2. The van der Waals surface area contributed by atoms with Crippen molar-refractivity contribution in [3.8, 4) is 11.1 Å². The highest BCUT2D eigenvalue weighted by molar-refractivity contribution is 7.98. The molecule has 1 unspecified atom stereocenters. The summed E-state index contributed by atoms with van der Waals surface area (Å²) in [6.45, 7) is 2.03. The molecule has 0 aliphatic heterocycles. The van der Waals surface area contributed by atoms with Gasteiger partial charge in [-0.2, -0.15) is 0 Å². The number of fused-ring (bicyclic) bond motifs is 1. The van der Waals surface area contributed by atoms with Gasteiger partial charge in [-0.25, -0.2) is 0 Å². The first kappa shape index (κ1) is 16.2. The summed E-state index contributed by atoms with van der Waals surface area (Å²) < 4.78 is 0. The minimum absolute atomic E-state index is 0.0975. The number of Topliss-reactive ketones (excluding diaryl/α,β-unsaturated/α-hetero) is 1. The maximum Gasteiger partial charge on any atom is 0.166 e. The molecule has 2 heteroatoms. The van der Waals surface area contributed by atoms with Crippen molar-refractivity contribution >= 4 is 17.5 Å². The zero-order valence-electron chi connectivity index (χ0n) is 14.2. The number of thioether (sulfide) groups is 1. The van der Waals surface area contributed by atoms with Crippen LogP contribution in [-0.2, 0) is 12.2 Å². The van der Waals surface area contributed by atoms with Gasteiger partial charge in [0.15, 0.2) is 5.78 Å². The Balaban J connectivity index is 1.71. The summed E-state index contributed by atoms with van der Waals surface area (Å²) in [5.41, 5.74) is 5.69. The summed E-state index contributed by atoms with van der Waals surface area (Å²) in [6, 6.07) is 25.2. The molecule has 124 valence electrons. The van der Waals surface area contributed by atoms with Gasteiger partial charge in [-0.1, -0.05) is 73.7 Å². The van der Waals surface area contributed by atoms with E-state index in [-0.39, 0.29) is 11.7 Å². The van der Waals surface area contributed by atoms with Crippen LogP contribution in [0.5, 0.6) is 0 Å². The van der Waals surface area contributed by atoms with Crippen LogP contribution in [0, 0.1) is 5.92 Å². The first-order chi connectivity index (χ1) is 12.2. The third-order valence-electron chi connectivity index (χ3n) is 4.79. The van der Waals surface area contributed by atoms with Gasteiger partial charge in [0.1, 0.15) is 0 Å². The standard InChI is InChI=1S/C23H20OS/c1-16-14-18-10-7-12-20(22(18)23(16)24)19-11-5-6-13-21(19)25-15-17-8-3-2-4-9-17/h2-13,16H,14-15H2,1H3. The summed E-state index contributed by atoms with van der Waals surface area (Å²) in [5.74, 6) is 1.31. The van der Waals surface area contributed by atoms with Crippen molar-refractivity contribution in [1.29, 1.82) is 0 Å². The highest BCUT2D eigenvalue weighted by Gasteiger charge is 2.29. The van der Waals surface area contributed by atoms with E-state index in [9.17, 15) is 4.79 Å². The summed E-state index contributed by atoms with van der Waals surface area (Å²) in [5, 5.41) is 0. The number of hydrogen-bond acceptors (Lipinski definition) is 2. The Morgan fingerprint density at radius 3 is 2.44 bits per heavy atom. The number of carbonyl (C=O) groups is 1. The van der Waals surface area contributed by atoms with Crippen LogP contribution in [0.1, 0.15) is 28.4 Å². The van der Waals surface area contributed by atoms with Crippen molar-refractivity contribution in [2.24, 2.45) is 5.92 Å². The van der Waals surface area contributed by atoms with Crippen molar-refractivity contribution in [1.82, 2.24) is 0 Å². The van der Waals surface area contributed by atoms with Crippen LogP contribution in [-0.4, -0.2) is 5.78 Å². The third kappa shape index (κ3) is 3.14. The van der Waals surface area contributed by atoms with Crippen molar-refractivity contribution in [3.63, 3.8) is 0 Å². The molecule has 0 N–H and O–H groups in total. The molecule has 3 aromatic rings. The molecule has 0 spiro atoms. The average Bonchev–Trinajstić information content (AvgIpc) is 2.95. The van der Waals surface area contributed by atoms with E-state index in [4.69, 9.17) is 0 Å². The molecular weight excluding hydrogens is 324 g/mol. The lowest BCUT2D eigenvalue weighted by molar-refractivity contribution is 0.0947. The first-order valence-corrected chi connectivity index (χ1v) is 9.65. The van der Waals surface area contributed by atoms with Crippen LogP contribution in [0.2, 0.25) is 0 Å². The highest BCUT2D eigenvalue weighted by Crippen LogP contribution is 2.39. The fourth-order valence-corrected chi connectivity index (χ4v) is 4.53. The monoisotopic (exact) mass is 344 g/mol. The summed E-state index contributed by atoms with van der Waals surface area (Å²) in [7, 11) is 0. The van der Waals surface area contributed by atoms with Crippen molar-refractivity contribution in [2.45, 2.75) is 24.0 Å². The molecule has 0 saturated carbocycles. The Morgan fingerprint density at radius 1 is 0.880 bits per heavy atom. The van der Waals surface area contributed by atoms with E-state index >= 15 is 0 Å². The van der Waals surface area contributed by atoms with Crippen LogP contribution in [0.4, 0.5) is 0 Å². The maximum atomic E-state index is 12.7. The quantitative estimate of drug-likeness (QED) is 0.538. The summed E-state index contributed by atoms with van der Waals surface area (Å²) in [4.78, 5) is 13.9. The normalized spacial score (nSPS) is 16.0. The fourth-order valence-electron chi connectivity index (χ4n) is 3.50. The Labute approximate surface area is 153 Å². The predicted octanol–water partition coefficient (Wildman–Crippen LogP) is 6.02. The molecule has 1 aliphatic rings. The molecule has 0 aromatic heterocycles. The van der Waals surface area contributed by atoms with Crippen LogP contribution >= 0.6 is 11.8 Å². The molecule has 0 bridgehead atoms. The number of carbonyl (C=O) groups excluding carboxylic acids is 1. The van der Waals surface area contributed by atoms with E-state index in [2.05, 4.69) is 66.7 Å². The van der Waals surface area contributed by atoms with E-state index in [0.717, 1.165) is 23.3 Å². The SMILES string of the molecule is CC1Cc2cccc(-c3ccccc3SCc3ccccc3)c2C1=O. The second-order valence-corrected chi connectivity index (χ2v) is 7.60. The average molecular weight is 344 g/mol. The van der Waals surface area contributed by atoms with E-state index < -0.39 is 0 Å². The van der Waals surface area contributed by atoms with E-state index in [1.54, 1.807) is 0 Å². The largest absolute Gasteiger partial charge is 0.294 e. The topological polar surface area (TPSA) is 17.1 Å². The first-order valence-electron chi connectivity index (χ1n) is 8.66. The molecule has 0 fully saturated rings. The lowest BCUT2D eigenvalue weighted by Gasteiger charge is -2.13. The molecular formula is C23H20OS. The number of ketones is 1. The third-order valence-corrected chi connectivity index (χ3v) is 5.93. The van der Waals surface area contributed by atoms with Gasteiger partial charge >= 0.3 is 0 Å². The van der Waals surface area contributed by atoms with Crippen LogP contribution in [0.15, 0.2) is 77.7 Å². The van der Waals surface area contributed by atoms with Crippen LogP contribution in [0.3, 0.4) is 0 Å². The molecule has 3 aromatic carbocycles. The van der Waals surface area contributed by atoms with E-state index in [1.165, 1.54) is 21.6 Å². The molecule has 0 amide bonds. The fraction of sp³-hybridized carbons (Fsp3) is 0.174. The Kier molecular flexibility index (Phi) is 4.46. The molecule has 0 heterocycles. The molecule has 0 radical (unpaired) electrons. The maximum absolute atomic E-state index is 12.7. The molecule has 4 rings (SSSR count). The van der Waals surface area contributed by atoms with Gasteiger partial charge in [0.05, 0.1) is 0 Å². The molecule has 1 nitrogen and oxygen atoms in total. The summed E-state index contributed by atoms with van der Waals surface area (Å²) in [6.07, 6.45) is 0.862. The van der Waals surface area contributed by atoms with Crippen LogP contribution < -0.4 is 0 Å². The Hall–Kier alpha value is -2.32. The van der Waals surface area contributed by atoms with E-state index in [0.29, 0.717) is 0 Å². The number of benzene rings is 3.